The Bertz CT molecular complexity index is 1290. The fraction of sp³-hybridized carbons (Fsp3) is 0. The number of carbonyl (C=O) groups excluding carboxylic acids is 1. The Morgan fingerprint density at radius 3 is 2.25 bits per heavy atom. The number of nitrogens with one attached hydrogen (secondary N) is 4. The molecule has 0 unspecified atom stereocenters. The number of anilines is 3. The van der Waals surface area contributed by atoms with Crippen LogP contribution >= 0.6 is 12.2 Å². The third-order valence-electron chi connectivity index (χ3n) is 4.47. The molecule has 0 spiro atoms. The maximum Gasteiger partial charge on any atom is 0.361 e. The highest BCUT2D eigenvalue weighted by atomic mass is 32.1. The number of hydrogen-bond acceptors (Lipinski definition) is 6. The van der Waals surface area contributed by atoms with Crippen LogP contribution in [0.2, 0.25) is 0 Å². The lowest BCUT2D eigenvalue weighted by Crippen LogP contribution is -2.33. The summed E-state index contributed by atoms with van der Waals surface area (Å²) >= 11 is 5.30. The van der Waals surface area contributed by atoms with Crippen molar-refractivity contribution >= 4 is 57.0 Å². The van der Waals surface area contributed by atoms with Crippen LogP contribution in [0.3, 0.4) is 0 Å². The van der Waals surface area contributed by atoms with Gasteiger partial charge in [0.2, 0.25) is 0 Å². The second-order valence-electron chi connectivity index (χ2n) is 6.60. The van der Waals surface area contributed by atoms with Gasteiger partial charge in [0, 0.05) is 17.4 Å². The van der Waals surface area contributed by atoms with Crippen LogP contribution < -0.4 is 21.5 Å². The van der Waals surface area contributed by atoms with Gasteiger partial charge in [-0.3, -0.25) is 15.5 Å². The number of amides is 1. The molecule has 0 aliphatic carbocycles. The van der Waals surface area contributed by atoms with E-state index in [9.17, 15) is 14.9 Å². The fourth-order valence-electron chi connectivity index (χ4n) is 2.99. The van der Waals surface area contributed by atoms with E-state index in [0.717, 1.165) is 16.1 Å². The van der Waals surface area contributed by atoms with Crippen molar-refractivity contribution in [3.8, 4) is 0 Å². The number of aromatic nitrogens is 2. The summed E-state index contributed by atoms with van der Waals surface area (Å²) in [6.45, 7) is 0. The largest absolute Gasteiger partial charge is 0.361 e. The summed E-state index contributed by atoms with van der Waals surface area (Å²) in [5.41, 5.74) is 7.78. The summed E-state index contributed by atoms with van der Waals surface area (Å²) in [4.78, 5) is 23.1. The van der Waals surface area contributed by atoms with Crippen LogP contribution in [0.4, 0.5) is 27.5 Å². The summed E-state index contributed by atoms with van der Waals surface area (Å²) in [6.07, 6.45) is 1.29. The van der Waals surface area contributed by atoms with Crippen molar-refractivity contribution in [3.63, 3.8) is 0 Å². The minimum Gasteiger partial charge on any atom is -0.332 e. The van der Waals surface area contributed by atoms with Crippen LogP contribution in [0.1, 0.15) is 0 Å². The van der Waals surface area contributed by atoms with E-state index in [1.54, 1.807) is 30.3 Å². The van der Waals surface area contributed by atoms with Gasteiger partial charge >= 0.3 is 6.03 Å². The van der Waals surface area contributed by atoms with E-state index >= 15 is 0 Å². The Hall–Kier alpha value is -4.51. The van der Waals surface area contributed by atoms with Crippen molar-refractivity contribution in [1.29, 1.82) is 0 Å². The van der Waals surface area contributed by atoms with Gasteiger partial charge in [-0.25, -0.2) is 10.2 Å². The van der Waals surface area contributed by atoms with E-state index in [1.165, 1.54) is 18.3 Å². The summed E-state index contributed by atoms with van der Waals surface area (Å²) < 4.78 is 1.05. The molecular weight excluding hydrogens is 430 g/mol. The Balaban J connectivity index is 1.36. The molecule has 0 aliphatic heterocycles. The zero-order valence-corrected chi connectivity index (χ0v) is 17.3. The predicted octanol–water partition coefficient (Wildman–Crippen LogP) is 4.34. The number of thiocarbonyl (C=S) groups is 1. The van der Waals surface area contributed by atoms with E-state index < -0.39 is 11.0 Å². The first-order chi connectivity index (χ1) is 15.5. The standard InChI is InChI=1S/C21H17N7O3S/c29-21(27-18-7-4-8-19(28(30)31)17(18)13-22-27)26-25-16-11-9-15(10-12-16)24-20(32)23-14-5-2-1-3-6-14/h1-13,25H,(H,26,29)(H2,23,24,32). The fourth-order valence-corrected chi connectivity index (χ4v) is 3.22. The molecule has 0 atom stereocenters. The van der Waals surface area contributed by atoms with Crippen LogP contribution in [0.5, 0.6) is 0 Å². The molecule has 1 amide bonds. The summed E-state index contributed by atoms with van der Waals surface area (Å²) in [6, 6.07) is 20.5. The topological polar surface area (TPSA) is 126 Å². The number of hydrazine groups is 1. The average molecular weight is 447 g/mol. The molecule has 0 radical (unpaired) electrons. The molecule has 4 aromatic rings. The summed E-state index contributed by atoms with van der Waals surface area (Å²) in [5, 5.41) is 22.0. The number of non-ortho nitro benzene ring substituents is 1. The molecule has 1 heterocycles. The van der Waals surface area contributed by atoms with E-state index in [-0.39, 0.29) is 11.1 Å². The third-order valence-corrected chi connectivity index (χ3v) is 4.67. The molecule has 4 N–H and O–H groups in total. The molecule has 0 fully saturated rings. The summed E-state index contributed by atoms with van der Waals surface area (Å²) in [7, 11) is 0. The quantitative estimate of drug-likeness (QED) is 0.202. The van der Waals surface area contributed by atoms with Crippen LogP contribution in [-0.4, -0.2) is 25.8 Å². The van der Waals surface area contributed by atoms with Gasteiger partial charge in [-0.2, -0.15) is 9.78 Å². The maximum atomic E-state index is 12.5. The molecule has 4 rings (SSSR count). The van der Waals surface area contributed by atoms with Gasteiger partial charge < -0.3 is 10.6 Å². The minimum absolute atomic E-state index is 0.114. The maximum absolute atomic E-state index is 12.5. The van der Waals surface area contributed by atoms with E-state index in [4.69, 9.17) is 12.2 Å². The van der Waals surface area contributed by atoms with Crippen molar-refractivity contribution < 1.29 is 9.72 Å². The predicted molar refractivity (Wildman–Crippen MR) is 127 cm³/mol. The average Bonchev–Trinajstić information content (AvgIpc) is 3.23. The molecule has 0 bridgehead atoms. The number of nitrogens with zero attached hydrogens (tertiary/aromatic N) is 3. The van der Waals surface area contributed by atoms with Gasteiger partial charge in [0.1, 0.15) is 0 Å². The molecule has 160 valence electrons. The van der Waals surface area contributed by atoms with E-state index in [2.05, 4.69) is 26.6 Å². The number of fused-ring (bicyclic) bond motifs is 1. The van der Waals surface area contributed by atoms with Gasteiger partial charge in [-0.15, -0.1) is 0 Å². The van der Waals surface area contributed by atoms with Crippen LogP contribution in [0.15, 0.2) is 79.0 Å². The lowest BCUT2D eigenvalue weighted by atomic mass is 10.2. The number of para-hydroxylation sites is 1. The molecule has 1 aromatic heterocycles. The van der Waals surface area contributed by atoms with Gasteiger partial charge in [0.05, 0.1) is 27.7 Å². The lowest BCUT2D eigenvalue weighted by Gasteiger charge is -2.12. The van der Waals surface area contributed by atoms with Gasteiger partial charge in [0.25, 0.3) is 5.69 Å². The first-order valence-corrected chi connectivity index (χ1v) is 9.83. The smallest absolute Gasteiger partial charge is 0.332 e. The lowest BCUT2D eigenvalue weighted by molar-refractivity contribution is -0.383. The monoisotopic (exact) mass is 447 g/mol. The third kappa shape index (κ3) is 4.63. The normalized spacial score (nSPS) is 10.4. The van der Waals surface area contributed by atoms with Gasteiger partial charge in [-0.05, 0) is 54.7 Å². The van der Waals surface area contributed by atoms with Crippen molar-refractivity contribution in [2.24, 2.45) is 0 Å². The number of carbonyl (C=O) groups is 1. The van der Waals surface area contributed by atoms with Crippen LogP contribution in [0, 0.1) is 10.1 Å². The molecule has 3 aromatic carbocycles. The van der Waals surface area contributed by atoms with E-state index in [1.807, 2.05) is 30.3 Å². The van der Waals surface area contributed by atoms with Crippen molar-refractivity contribution in [3.05, 3.63) is 89.1 Å². The molecule has 0 saturated carbocycles. The zero-order valence-electron chi connectivity index (χ0n) is 16.5. The van der Waals surface area contributed by atoms with Crippen molar-refractivity contribution in [2.45, 2.75) is 0 Å². The Morgan fingerprint density at radius 2 is 1.56 bits per heavy atom. The highest BCUT2D eigenvalue weighted by molar-refractivity contribution is 7.80. The van der Waals surface area contributed by atoms with Gasteiger partial charge in [-0.1, -0.05) is 24.3 Å². The van der Waals surface area contributed by atoms with Gasteiger partial charge in [0.15, 0.2) is 5.11 Å². The molecule has 0 aliphatic rings. The zero-order chi connectivity index (χ0) is 22.5. The van der Waals surface area contributed by atoms with E-state index in [0.29, 0.717) is 16.3 Å². The minimum atomic E-state index is -0.587. The van der Waals surface area contributed by atoms with Crippen molar-refractivity contribution in [1.82, 2.24) is 15.2 Å². The number of nitro benzene ring substituents is 1. The molecule has 0 saturated heterocycles. The highest BCUT2D eigenvalue weighted by Gasteiger charge is 2.17. The number of nitro groups is 1. The first-order valence-electron chi connectivity index (χ1n) is 9.42. The van der Waals surface area contributed by atoms with Crippen molar-refractivity contribution in [2.75, 3.05) is 16.1 Å². The second kappa shape index (κ2) is 9.10. The second-order valence-corrected chi connectivity index (χ2v) is 7.01. The number of rotatable bonds is 5. The van der Waals surface area contributed by atoms with Crippen LogP contribution in [0.25, 0.3) is 10.9 Å². The molecule has 32 heavy (non-hydrogen) atoms. The Morgan fingerprint density at radius 1 is 0.906 bits per heavy atom. The number of hydrogen-bond donors (Lipinski definition) is 4. The Kier molecular flexibility index (Phi) is 5.90. The molecule has 10 nitrogen and oxygen atoms in total. The SMILES string of the molecule is O=C(NNc1ccc(NC(=S)Nc2ccccc2)cc1)n1ncc2c([N+](=O)[O-])cccc21. The number of benzene rings is 3. The Labute approximate surface area is 187 Å². The first kappa shape index (κ1) is 20.8. The molecule has 11 heteroatoms. The highest BCUT2D eigenvalue weighted by Crippen LogP contribution is 2.24. The summed E-state index contributed by atoms with van der Waals surface area (Å²) in [5.74, 6) is 0. The molecular formula is C21H17N7O3S. The van der Waals surface area contributed by atoms with Crippen LogP contribution in [-0.2, 0) is 0 Å².